The van der Waals surface area contributed by atoms with Gasteiger partial charge in [0, 0.05) is 11.1 Å². The third-order valence-electron chi connectivity index (χ3n) is 2.62. The van der Waals surface area contributed by atoms with Gasteiger partial charge in [-0.1, -0.05) is 12.8 Å². The van der Waals surface area contributed by atoms with Crippen LogP contribution < -0.4 is 0 Å². The summed E-state index contributed by atoms with van der Waals surface area (Å²) in [5.41, 5.74) is -0.219. The van der Waals surface area contributed by atoms with Gasteiger partial charge in [0.25, 0.3) is 0 Å². The molecule has 0 unspecified atom stereocenters. The molecule has 13 heavy (non-hydrogen) atoms. The average molecular weight is 257 g/mol. The Morgan fingerprint density at radius 2 is 2.23 bits per heavy atom. The van der Waals surface area contributed by atoms with Crippen LogP contribution in [0.3, 0.4) is 0 Å². The van der Waals surface area contributed by atoms with Crippen molar-refractivity contribution in [1.82, 2.24) is 4.98 Å². The molecule has 0 atom stereocenters. The molecule has 4 heteroatoms. The normalized spacial score (nSPS) is 20.0. The second-order valence-corrected chi connectivity index (χ2v) is 5.69. The molecule has 1 aromatic heterocycles. The van der Waals surface area contributed by atoms with Crippen molar-refractivity contribution >= 4 is 27.3 Å². The lowest BCUT2D eigenvalue weighted by Crippen LogP contribution is -2.17. The lowest BCUT2D eigenvalue weighted by molar-refractivity contribution is 0.584. The summed E-state index contributed by atoms with van der Waals surface area (Å²) in [6.45, 7) is 0. The summed E-state index contributed by atoms with van der Waals surface area (Å²) >= 11 is 4.92. The summed E-state index contributed by atoms with van der Waals surface area (Å²) < 4.78 is 0.879. The maximum atomic E-state index is 9.19. The van der Waals surface area contributed by atoms with Gasteiger partial charge in [-0.05, 0) is 28.8 Å². The molecule has 0 aromatic carbocycles. The Morgan fingerprint density at radius 1 is 1.54 bits per heavy atom. The zero-order chi connectivity index (χ0) is 9.31. The second kappa shape index (κ2) is 3.39. The van der Waals surface area contributed by atoms with Crippen LogP contribution >= 0.6 is 27.3 Å². The zero-order valence-electron chi connectivity index (χ0n) is 7.09. The number of rotatable bonds is 1. The Morgan fingerprint density at radius 3 is 2.69 bits per heavy atom. The SMILES string of the molecule is N#CC1(c2cnc(Br)s2)CCCC1. The van der Waals surface area contributed by atoms with E-state index in [1.165, 1.54) is 12.8 Å². The lowest BCUT2D eigenvalue weighted by Gasteiger charge is -2.16. The van der Waals surface area contributed by atoms with E-state index in [-0.39, 0.29) is 5.41 Å². The molecule has 1 aliphatic rings. The van der Waals surface area contributed by atoms with E-state index in [9.17, 15) is 5.26 Å². The number of thiazole rings is 1. The summed E-state index contributed by atoms with van der Waals surface area (Å²) in [5.74, 6) is 0. The third kappa shape index (κ3) is 1.51. The van der Waals surface area contributed by atoms with Gasteiger partial charge in [-0.3, -0.25) is 0 Å². The maximum absolute atomic E-state index is 9.19. The molecule has 0 N–H and O–H groups in total. The number of nitriles is 1. The van der Waals surface area contributed by atoms with E-state index in [1.807, 2.05) is 6.20 Å². The van der Waals surface area contributed by atoms with Crippen molar-refractivity contribution in [1.29, 1.82) is 5.26 Å². The first-order chi connectivity index (χ1) is 6.27. The first-order valence-corrected chi connectivity index (χ1v) is 5.91. The number of hydrogen-bond acceptors (Lipinski definition) is 3. The molecular formula is C9H9BrN2S. The van der Waals surface area contributed by atoms with Crippen LogP contribution in [-0.4, -0.2) is 4.98 Å². The van der Waals surface area contributed by atoms with Crippen molar-refractivity contribution in [3.63, 3.8) is 0 Å². The lowest BCUT2D eigenvalue weighted by atomic mass is 9.87. The number of halogens is 1. The third-order valence-corrected chi connectivity index (χ3v) is 4.30. The molecule has 0 bridgehead atoms. The van der Waals surface area contributed by atoms with E-state index in [1.54, 1.807) is 11.3 Å². The van der Waals surface area contributed by atoms with Crippen LogP contribution in [0.1, 0.15) is 30.6 Å². The first kappa shape index (κ1) is 9.17. The number of aromatic nitrogens is 1. The minimum atomic E-state index is -0.219. The molecule has 1 saturated carbocycles. The average Bonchev–Trinajstić information content (AvgIpc) is 2.73. The van der Waals surface area contributed by atoms with Gasteiger partial charge in [-0.25, -0.2) is 4.98 Å². The Balaban J connectivity index is 2.37. The molecule has 1 aromatic rings. The highest BCUT2D eigenvalue weighted by atomic mass is 79.9. The van der Waals surface area contributed by atoms with Crippen molar-refractivity contribution in [3.8, 4) is 6.07 Å². The first-order valence-electron chi connectivity index (χ1n) is 4.30. The Labute approximate surface area is 89.7 Å². The van der Waals surface area contributed by atoms with E-state index in [4.69, 9.17) is 0 Å². The van der Waals surface area contributed by atoms with Gasteiger partial charge in [0.15, 0.2) is 3.92 Å². The summed E-state index contributed by atoms with van der Waals surface area (Å²) in [7, 11) is 0. The van der Waals surface area contributed by atoms with E-state index >= 15 is 0 Å². The maximum Gasteiger partial charge on any atom is 0.159 e. The monoisotopic (exact) mass is 256 g/mol. The number of hydrogen-bond donors (Lipinski definition) is 0. The topological polar surface area (TPSA) is 36.7 Å². The predicted molar refractivity (Wildman–Crippen MR) is 55.6 cm³/mol. The highest BCUT2D eigenvalue weighted by Gasteiger charge is 2.37. The van der Waals surface area contributed by atoms with Gasteiger partial charge in [-0.2, -0.15) is 5.26 Å². The molecule has 0 aliphatic heterocycles. The molecular weight excluding hydrogens is 248 g/mol. The second-order valence-electron chi connectivity index (χ2n) is 3.38. The molecule has 0 amide bonds. The fourth-order valence-corrected chi connectivity index (χ4v) is 3.33. The summed E-state index contributed by atoms with van der Waals surface area (Å²) in [6, 6.07) is 2.46. The van der Waals surface area contributed by atoms with Gasteiger partial charge < -0.3 is 0 Å². The summed E-state index contributed by atoms with van der Waals surface area (Å²) in [4.78, 5) is 5.26. The predicted octanol–water partition coefficient (Wildman–Crippen LogP) is 3.24. The van der Waals surface area contributed by atoms with Gasteiger partial charge in [-0.15, -0.1) is 11.3 Å². The van der Waals surface area contributed by atoms with E-state index in [2.05, 4.69) is 27.0 Å². The van der Waals surface area contributed by atoms with Crippen LogP contribution in [0.2, 0.25) is 0 Å². The fraction of sp³-hybridized carbons (Fsp3) is 0.556. The van der Waals surface area contributed by atoms with Crippen molar-refractivity contribution in [2.24, 2.45) is 0 Å². The van der Waals surface area contributed by atoms with E-state index < -0.39 is 0 Å². The van der Waals surface area contributed by atoms with E-state index in [0.29, 0.717) is 0 Å². The highest BCUT2D eigenvalue weighted by molar-refractivity contribution is 9.11. The number of nitrogens with zero attached hydrogens (tertiary/aromatic N) is 2. The van der Waals surface area contributed by atoms with Crippen LogP contribution in [0, 0.1) is 11.3 Å². The molecule has 1 heterocycles. The molecule has 1 aliphatic carbocycles. The quantitative estimate of drug-likeness (QED) is 0.774. The van der Waals surface area contributed by atoms with E-state index in [0.717, 1.165) is 21.6 Å². The molecule has 2 rings (SSSR count). The van der Waals surface area contributed by atoms with Crippen LogP contribution in [-0.2, 0) is 5.41 Å². The molecule has 1 fully saturated rings. The van der Waals surface area contributed by atoms with Crippen molar-refractivity contribution < 1.29 is 0 Å². The Bertz CT molecular complexity index is 347. The molecule has 0 spiro atoms. The minimum Gasteiger partial charge on any atom is -0.237 e. The smallest absolute Gasteiger partial charge is 0.159 e. The van der Waals surface area contributed by atoms with Gasteiger partial charge in [0.05, 0.1) is 11.5 Å². The molecule has 2 nitrogen and oxygen atoms in total. The van der Waals surface area contributed by atoms with Crippen LogP contribution in [0.15, 0.2) is 10.1 Å². The molecule has 0 radical (unpaired) electrons. The Kier molecular flexibility index (Phi) is 2.39. The standard InChI is InChI=1S/C9H9BrN2S/c10-8-12-5-7(13-8)9(6-11)3-1-2-4-9/h5H,1-4H2. The largest absolute Gasteiger partial charge is 0.237 e. The highest BCUT2D eigenvalue weighted by Crippen LogP contribution is 2.43. The van der Waals surface area contributed by atoms with Crippen LogP contribution in [0.25, 0.3) is 0 Å². The van der Waals surface area contributed by atoms with Crippen molar-refractivity contribution in [2.45, 2.75) is 31.1 Å². The van der Waals surface area contributed by atoms with Crippen LogP contribution in [0.4, 0.5) is 0 Å². The van der Waals surface area contributed by atoms with Crippen molar-refractivity contribution in [2.75, 3.05) is 0 Å². The van der Waals surface area contributed by atoms with Crippen molar-refractivity contribution in [3.05, 3.63) is 15.0 Å². The van der Waals surface area contributed by atoms with Gasteiger partial charge in [0.2, 0.25) is 0 Å². The van der Waals surface area contributed by atoms with Gasteiger partial charge >= 0.3 is 0 Å². The van der Waals surface area contributed by atoms with Gasteiger partial charge in [0.1, 0.15) is 0 Å². The Hall–Kier alpha value is -0.400. The molecule has 0 saturated heterocycles. The summed E-state index contributed by atoms with van der Waals surface area (Å²) in [6.07, 6.45) is 6.17. The minimum absolute atomic E-state index is 0.219. The zero-order valence-corrected chi connectivity index (χ0v) is 9.49. The fourth-order valence-electron chi connectivity index (χ4n) is 1.87. The molecule has 68 valence electrons. The van der Waals surface area contributed by atoms with Crippen LogP contribution in [0.5, 0.6) is 0 Å². The summed E-state index contributed by atoms with van der Waals surface area (Å²) in [5, 5.41) is 9.19.